The van der Waals surface area contributed by atoms with Gasteiger partial charge in [0.15, 0.2) is 23.9 Å². The van der Waals surface area contributed by atoms with Crippen molar-refractivity contribution >= 4 is 43.6 Å². The predicted molar refractivity (Wildman–Crippen MR) is 131 cm³/mol. The molecule has 208 valence electrons. The molecule has 13 nitrogen and oxygen atoms in total. The first-order chi connectivity index (χ1) is 17.7. The summed E-state index contributed by atoms with van der Waals surface area (Å²) >= 11 is 6.08. The summed E-state index contributed by atoms with van der Waals surface area (Å²) in [5.74, 6) is -1.57. The van der Waals surface area contributed by atoms with Crippen molar-refractivity contribution in [2.75, 3.05) is 17.8 Å². The van der Waals surface area contributed by atoms with Crippen LogP contribution >= 0.6 is 26.8 Å². The quantitative estimate of drug-likeness (QED) is 0.170. The lowest BCUT2D eigenvalue weighted by molar-refractivity contribution is -0.0472. The number of hydrogen-bond acceptors (Lipinski definition) is 9. The number of rotatable bonds is 10. The molecule has 3 heterocycles. The number of ether oxygens (including phenoxy) is 1. The monoisotopic (exact) mass is 597 g/mol. The normalized spacial score (nSPS) is 24.4. The van der Waals surface area contributed by atoms with E-state index in [0.29, 0.717) is 17.4 Å². The molecule has 0 bridgehead atoms. The van der Waals surface area contributed by atoms with Crippen LogP contribution in [0.1, 0.15) is 18.7 Å². The molecule has 3 aromatic rings. The number of nitrogens with one attached hydrogen (secondary N) is 1. The third-order valence-electron chi connectivity index (χ3n) is 5.63. The van der Waals surface area contributed by atoms with Crippen LogP contribution in [0.3, 0.4) is 0 Å². The zero-order chi connectivity index (χ0) is 27.8. The summed E-state index contributed by atoms with van der Waals surface area (Å²) in [5.41, 5.74) is 0.524. The van der Waals surface area contributed by atoms with Crippen LogP contribution in [-0.2, 0) is 24.8 Å². The molecule has 4 rings (SSSR count). The van der Waals surface area contributed by atoms with Gasteiger partial charge in [0.1, 0.15) is 23.8 Å². The number of anilines is 1. The highest BCUT2D eigenvalue weighted by Gasteiger charge is 2.47. The van der Waals surface area contributed by atoms with Crippen LogP contribution < -0.4 is 5.32 Å². The number of aromatic nitrogens is 4. The van der Waals surface area contributed by atoms with E-state index in [1.165, 1.54) is 12.3 Å². The van der Waals surface area contributed by atoms with Crippen molar-refractivity contribution in [3.8, 4) is 0 Å². The molecule has 6 atom stereocenters. The zero-order valence-corrected chi connectivity index (χ0v) is 22.2. The van der Waals surface area contributed by atoms with Crippen molar-refractivity contribution in [1.82, 2.24) is 19.7 Å². The van der Waals surface area contributed by atoms with Gasteiger partial charge in [0.05, 0.1) is 18.2 Å². The molecular weight excluding hydrogens is 574 g/mol. The average Bonchev–Trinajstić information content (AvgIpc) is 3.33. The SMILES string of the molecule is C[C@@H](Cc1ccccc1F)Nc1nc(Cl)nc2c1cnn2[C@@H]1O[C@H](COP(=O)(O)CP(=O)(O)O)[C@@H](O)[C@@H]1F. The molecule has 2 aromatic heterocycles. The van der Waals surface area contributed by atoms with Crippen LogP contribution in [0.4, 0.5) is 14.6 Å². The Morgan fingerprint density at radius 1 is 1.26 bits per heavy atom. The van der Waals surface area contributed by atoms with Crippen LogP contribution in [0.5, 0.6) is 0 Å². The zero-order valence-electron chi connectivity index (χ0n) is 19.6. The van der Waals surface area contributed by atoms with Gasteiger partial charge in [-0.3, -0.25) is 9.13 Å². The Balaban J connectivity index is 1.52. The molecular formula is C20H24ClF2N5O8P2. The van der Waals surface area contributed by atoms with Crippen LogP contribution in [0, 0.1) is 5.82 Å². The maximum Gasteiger partial charge on any atom is 0.340 e. The fourth-order valence-electron chi connectivity index (χ4n) is 3.98. The molecule has 0 saturated carbocycles. The van der Waals surface area contributed by atoms with Crippen LogP contribution in [0.15, 0.2) is 30.5 Å². The average molecular weight is 598 g/mol. The molecule has 1 aliphatic heterocycles. The Hall–Kier alpha value is -2.06. The number of halogens is 3. The topological polar surface area (TPSA) is 189 Å². The van der Waals surface area contributed by atoms with E-state index in [0.717, 1.165) is 4.68 Å². The van der Waals surface area contributed by atoms with Crippen molar-refractivity contribution in [3.63, 3.8) is 0 Å². The Morgan fingerprint density at radius 3 is 2.66 bits per heavy atom. The maximum atomic E-state index is 15.0. The number of aliphatic hydroxyl groups excluding tert-OH is 1. The minimum atomic E-state index is -4.88. The molecule has 0 spiro atoms. The lowest BCUT2D eigenvalue weighted by Gasteiger charge is -2.18. The molecule has 0 amide bonds. The fourth-order valence-corrected chi connectivity index (χ4v) is 6.71. The lowest BCUT2D eigenvalue weighted by atomic mass is 10.1. The van der Waals surface area contributed by atoms with Crippen LogP contribution in [0.25, 0.3) is 11.0 Å². The number of aliphatic hydroxyl groups is 1. The van der Waals surface area contributed by atoms with E-state index in [9.17, 15) is 23.5 Å². The van der Waals surface area contributed by atoms with E-state index >= 15 is 4.39 Å². The number of hydrogen-bond donors (Lipinski definition) is 5. The van der Waals surface area contributed by atoms with Crippen molar-refractivity contribution in [1.29, 1.82) is 0 Å². The first kappa shape index (κ1) is 28.9. The van der Waals surface area contributed by atoms with Crippen molar-refractivity contribution < 1.29 is 47.0 Å². The van der Waals surface area contributed by atoms with E-state index in [-0.39, 0.29) is 28.6 Å². The summed E-state index contributed by atoms with van der Waals surface area (Å²) in [6, 6.07) is 5.99. The van der Waals surface area contributed by atoms with Gasteiger partial charge in [0, 0.05) is 6.04 Å². The van der Waals surface area contributed by atoms with Gasteiger partial charge in [0.2, 0.25) is 5.28 Å². The Kier molecular flexibility index (Phi) is 8.53. The van der Waals surface area contributed by atoms with Gasteiger partial charge in [-0.15, -0.1) is 0 Å². The van der Waals surface area contributed by atoms with Gasteiger partial charge < -0.3 is 34.4 Å². The molecule has 1 aromatic carbocycles. The number of benzene rings is 1. The molecule has 38 heavy (non-hydrogen) atoms. The second kappa shape index (κ2) is 11.2. The van der Waals surface area contributed by atoms with E-state index in [1.807, 2.05) is 0 Å². The number of nitrogens with zero attached hydrogens (tertiary/aromatic N) is 4. The van der Waals surface area contributed by atoms with Gasteiger partial charge in [-0.05, 0) is 36.6 Å². The molecule has 0 aliphatic carbocycles. The smallest absolute Gasteiger partial charge is 0.340 e. The first-order valence-electron chi connectivity index (χ1n) is 11.1. The van der Waals surface area contributed by atoms with E-state index < -0.39 is 52.3 Å². The summed E-state index contributed by atoms with van der Waals surface area (Å²) in [7, 11) is -9.63. The molecule has 18 heteroatoms. The summed E-state index contributed by atoms with van der Waals surface area (Å²) < 4.78 is 63.1. The maximum absolute atomic E-state index is 15.0. The Bertz CT molecular complexity index is 1410. The minimum absolute atomic E-state index is 0.0429. The molecule has 5 N–H and O–H groups in total. The minimum Gasteiger partial charge on any atom is -0.387 e. The predicted octanol–water partition coefficient (Wildman–Crippen LogP) is 2.60. The van der Waals surface area contributed by atoms with Crippen LogP contribution in [-0.4, -0.2) is 76.5 Å². The molecule has 1 unspecified atom stereocenters. The highest BCUT2D eigenvalue weighted by atomic mass is 35.5. The highest BCUT2D eigenvalue weighted by Crippen LogP contribution is 2.55. The van der Waals surface area contributed by atoms with Crippen molar-refractivity contribution in [2.24, 2.45) is 0 Å². The van der Waals surface area contributed by atoms with Crippen LogP contribution in [0.2, 0.25) is 5.28 Å². The highest BCUT2D eigenvalue weighted by molar-refractivity contribution is 7.70. The van der Waals surface area contributed by atoms with E-state index in [1.54, 1.807) is 25.1 Å². The molecule has 1 saturated heterocycles. The second-order valence-corrected chi connectivity index (χ2v) is 13.1. The third kappa shape index (κ3) is 6.74. The van der Waals surface area contributed by atoms with Gasteiger partial charge in [-0.1, -0.05) is 18.2 Å². The van der Waals surface area contributed by atoms with E-state index in [4.69, 9.17) is 26.1 Å². The third-order valence-corrected chi connectivity index (χ3v) is 9.26. The molecule has 1 fully saturated rings. The largest absolute Gasteiger partial charge is 0.387 e. The second-order valence-electron chi connectivity index (χ2n) is 8.75. The number of fused-ring (bicyclic) bond motifs is 1. The summed E-state index contributed by atoms with van der Waals surface area (Å²) in [5, 5.41) is 17.6. The fraction of sp³-hybridized carbons (Fsp3) is 0.450. The lowest BCUT2D eigenvalue weighted by Crippen LogP contribution is -2.31. The standard InChI is InChI=1S/C20H24ClF2N5O8P2/c1-10(6-11-4-2-3-5-13(11)22)25-17-12-7-24-28(18(12)27-20(21)26-17)19-15(23)16(29)14(36-19)8-35-38(33,34)9-37(30,31)32/h2-5,7,10,14-16,19,29H,6,8-9H2,1H3,(H,33,34)(H,25,26,27)(H2,30,31,32)/t10-,14+,15-,16+,19+/m0/s1. The Morgan fingerprint density at radius 2 is 1.97 bits per heavy atom. The van der Waals surface area contributed by atoms with Gasteiger partial charge >= 0.3 is 15.2 Å². The van der Waals surface area contributed by atoms with Crippen molar-refractivity contribution in [2.45, 2.75) is 44.0 Å². The first-order valence-corrected chi connectivity index (χ1v) is 15.1. The van der Waals surface area contributed by atoms with Gasteiger partial charge in [-0.2, -0.15) is 15.1 Å². The summed E-state index contributed by atoms with van der Waals surface area (Å²) in [4.78, 5) is 35.6. The number of alkyl halides is 1. The van der Waals surface area contributed by atoms with E-state index in [2.05, 4.69) is 24.9 Å². The van der Waals surface area contributed by atoms with Gasteiger partial charge in [-0.25, -0.2) is 13.5 Å². The molecule has 0 radical (unpaired) electrons. The van der Waals surface area contributed by atoms with Gasteiger partial charge in [0.25, 0.3) is 0 Å². The molecule has 1 aliphatic rings. The Labute approximate surface area is 219 Å². The summed E-state index contributed by atoms with van der Waals surface area (Å²) in [6.07, 6.45) is -5.31. The van der Waals surface area contributed by atoms with Crippen molar-refractivity contribution in [3.05, 3.63) is 47.1 Å². The summed E-state index contributed by atoms with van der Waals surface area (Å²) in [6.45, 7) is 0.963.